The maximum atomic E-state index is 12.9. The fourth-order valence-corrected chi connectivity index (χ4v) is 5.47. The summed E-state index contributed by atoms with van der Waals surface area (Å²) >= 11 is 0. The lowest BCUT2D eigenvalue weighted by molar-refractivity contribution is -0.125. The van der Waals surface area contributed by atoms with Crippen molar-refractivity contribution >= 4 is 6.09 Å². The van der Waals surface area contributed by atoms with Crippen LogP contribution in [0, 0.1) is 5.92 Å². The van der Waals surface area contributed by atoms with Gasteiger partial charge in [-0.15, -0.1) is 0 Å². The third-order valence-corrected chi connectivity index (χ3v) is 7.50. The van der Waals surface area contributed by atoms with Crippen LogP contribution >= 0.6 is 0 Å². The number of ether oxygens (including phenoxy) is 4. The molecule has 1 spiro atoms. The first kappa shape index (κ1) is 22.1. The number of rotatable bonds is 8. The monoisotopic (exact) mass is 422 g/mol. The van der Waals surface area contributed by atoms with Gasteiger partial charge in [0.1, 0.15) is 23.4 Å². The molecular weight excluding hydrogens is 384 g/mol. The Morgan fingerprint density at radius 2 is 2.10 bits per heavy atom. The van der Waals surface area contributed by atoms with Gasteiger partial charge in [0, 0.05) is 26.2 Å². The van der Waals surface area contributed by atoms with Crippen LogP contribution < -0.4 is 5.32 Å². The van der Waals surface area contributed by atoms with Gasteiger partial charge in [-0.3, -0.25) is 0 Å². The molecule has 3 aliphatic heterocycles. The number of hydrogen-bond acceptors (Lipinski definition) is 6. The summed E-state index contributed by atoms with van der Waals surface area (Å²) in [7, 11) is 1.72. The van der Waals surface area contributed by atoms with Crippen LogP contribution in [0.1, 0.15) is 53.4 Å². The third kappa shape index (κ3) is 4.01. The summed E-state index contributed by atoms with van der Waals surface area (Å²) in [5.74, 6) is 0.0612. The van der Waals surface area contributed by atoms with Crippen LogP contribution in [0.4, 0.5) is 4.79 Å². The van der Waals surface area contributed by atoms with E-state index >= 15 is 0 Å². The number of hydrogen-bond donors (Lipinski definition) is 1. The number of likely N-dealkylation sites (tertiary alicyclic amines) is 1. The summed E-state index contributed by atoms with van der Waals surface area (Å²) in [4.78, 5) is 14.7. The second-order valence-corrected chi connectivity index (χ2v) is 9.74. The molecule has 1 amide bonds. The molecule has 4 rings (SSSR count). The molecule has 1 aliphatic carbocycles. The highest BCUT2D eigenvalue weighted by Gasteiger charge is 2.72. The van der Waals surface area contributed by atoms with E-state index in [1.165, 1.54) is 5.57 Å². The summed E-state index contributed by atoms with van der Waals surface area (Å²) < 4.78 is 24.2. The lowest BCUT2D eigenvalue weighted by atomic mass is 9.68. The zero-order valence-corrected chi connectivity index (χ0v) is 19.1. The second kappa shape index (κ2) is 8.41. The fourth-order valence-electron chi connectivity index (χ4n) is 5.47. The zero-order chi connectivity index (χ0) is 21.5. The minimum absolute atomic E-state index is 0.0612. The van der Waals surface area contributed by atoms with E-state index < -0.39 is 0 Å². The van der Waals surface area contributed by atoms with E-state index in [-0.39, 0.29) is 47.6 Å². The number of allylic oxidation sites excluding steroid dienone is 1. The van der Waals surface area contributed by atoms with Gasteiger partial charge >= 0.3 is 6.09 Å². The first-order chi connectivity index (χ1) is 14.3. The molecule has 7 atom stereocenters. The molecule has 4 aliphatic rings. The number of nitrogens with one attached hydrogen (secondary N) is 1. The Hall–Kier alpha value is -1.15. The minimum atomic E-state index is -0.307. The first-order valence-corrected chi connectivity index (χ1v) is 11.5. The van der Waals surface area contributed by atoms with E-state index in [0.717, 1.165) is 51.9 Å². The van der Waals surface area contributed by atoms with Gasteiger partial charge in [-0.05, 0) is 53.0 Å². The SMILES string of the molecule is CCNC[C@@H]1CCN1C(=O)O[C@@H]1CC[C@]2(CO2)[C@@H]([C@@]2(C)O[C@@H]2CC=C(C)C)[C@@H]1OC. The van der Waals surface area contributed by atoms with Crippen molar-refractivity contribution in [2.24, 2.45) is 5.92 Å². The number of methoxy groups -OCH3 is 1. The van der Waals surface area contributed by atoms with Gasteiger partial charge in [0.15, 0.2) is 0 Å². The molecule has 30 heavy (non-hydrogen) atoms. The summed E-state index contributed by atoms with van der Waals surface area (Å²) in [6, 6.07) is 0.230. The maximum absolute atomic E-state index is 12.9. The van der Waals surface area contributed by atoms with E-state index in [1.54, 1.807) is 7.11 Å². The van der Waals surface area contributed by atoms with Crippen molar-refractivity contribution in [2.45, 2.75) is 88.9 Å². The second-order valence-electron chi connectivity index (χ2n) is 9.74. The molecule has 0 aromatic heterocycles. The summed E-state index contributed by atoms with van der Waals surface area (Å²) in [6.07, 6.45) is 5.24. The van der Waals surface area contributed by atoms with Crippen molar-refractivity contribution in [1.29, 1.82) is 0 Å². The van der Waals surface area contributed by atoms with Gasteiger partial charge in [0.25, 0.3) is 0 Å². The van der Waals surface area contributed by atoms with Crippen molar-refractivity contribution in [3.05, 3.63) is 11.6 Å². The fraction of sp³-hybridized carbons (Fsp3) is 0.870. The van der Waals surface area contributed by atoms with Crippen LogP contribution in [0.3, 0.4) is 0 Å². The predicted octanol–water partition coefficient (Wildman–Crippen LogP) is 2.88. The van der Waals surface area contributed by atoms with Crippen molar-refractivity contribution in [3.63, 3.8) is 0 Å². The molecule has 7 heteroatoms. The van der Waals surface area contributed by atoms with Crippen LogP contribution in [0.2, 0.25) is 0 Å². The van der Waals surface area contributed by atoms with Gasteiger partial charge in [0.05, 0.1) is 18.6 Å². The Balaban J connectivity index is 1.43. The van der Waals surface area contributed by atoms with Crippen LogP contribution in [0.25, 0.3) is 0 Å². The van der Waals surface area contributed by atoms with Crippen LogP contribution in [0.15, 0.2) is 11.6 Å². The summed E-state index contributed by atoms with van der Waals surface area (Å²) in [5.41, 5.74) is 0.798. The number of amides is 1. The minimum Gasteiger partial charge on any atom is -0.443 e. The Labute approximate surface area is 180 Å². The van der Waals surface area contributed by atoms with Gasteiger partial charge in [0.2, 0.25) is 0 Å². The van der Waals surface area contributed by atoms with Crippen LogP contribution in [-0.2, 0) is 18.9 Å². The molecule has 0 aromatic rings. The third-order valence-electron chi connectivity index (χ3n) is 7.50. The van der Waals surface area contributed by atoms with Crippen molar-refractivity contribution in [1.82, 2.24) is 10.2 Å². The zero-order valence-electron chi connectivity index (χ0n) is 19.1. The highest BCUT2D eigenvalue weighted by molar-refractivity contribution is 5.69. The topological polar surface area (TPSA) is 75.9 Å². The molecular formula is C23H38N2O5. The highest BCUT2D eigenvalue weighted by atomic mass is 16.6. The number of nitrogens with zero attached hydrogens (tertiary/aromatic N) is 1. The Bertz CT molecular complexity index is 675. The summed E-state index contributed by atoms with van der Waals surface area (Å²) in [5, 5.41) is 3.33. The average Bonchev–Trinajstić information content (AvgIpc) is 3.58. The smallest absolute Gasteiger partial charge is 0.410 e. The molecule has 4 fully saturated rings. The first-order valence-electron chi connectivity index (χ1n) is 11.5. The number of likely N-dealkylation sites (N-methyl/N-ethyl adjacent to an activating group) is 1. The lowest BCUT2D eigenvalue weighted by Crippen LogP contribution is -2.59. The maximum Gasteiger partial charge on any atom is 0.410 e. The number of carbonyl (C=O) groups is 1. The predicted molar refractivity (Wildman–Crippen MR) is 113 cm³/mol. The van der Waals surface area contributed by atoms with Gasteiger partial charge in [-0.1, -0.05) is 18.6 Å². The normalized spacial score (nSPS) is 41.9. The number of epoxide rings is 2. The molecule has 0 bridgehead atoms. The molecule has 7 nitrogen and oxygen atoms in total. The molecule has 1 N–H and O–H groups in total. The van der Waals surface area contributed by atoms with E-state index in [0.29, 0.717) is 0 Å². The lowest BCUT2D eigenvalue weighted by Gasteiger charge is -2.45. The molecule has 1 saturated carbocycles. The van der Waals surface area contributed by atoms with Gasteiger partial charge < -0.3 is 29.2 Å². The summed E-state index contributed by atoms with van der Waals surface area (Å²) in [6.45, 7) is 11.7. The van der Waals surface area contributed by atoms with E-state index in [4.69, 9.17) is 18.9 Å². The molecule has 0 aromatic carbocycles. The highest BCUT2D eigenvalue weighted by Crippen LogP contribution is 2.59. The Morgan fingerprint density at radius 1 is 1.33 bits per heavy atom. The van der Waals surface area contributed by atoms with Gasteiger partial charge in [-0.2, -0.15) is 0 Å². The van der Waals surface area contributed by atoms with E-state index in [9.17, 15) is 4.79 Å². The van der Waals surface area contributed by atoms with Crippen molar-refractivity contribution in [2.75, 3.05) is 33.4 Å². The van der Waals surface area contributed by atoms with Crippen molar-refractivity contribution < 1.29 is 23.7 Å². The molecule has 3 saturated heterocycles. The standard InChI is InChI=1S/C23H38N2O5/c1-6-24-13-16-10-12-25(16)21(26)29-17-9-11-23(14-28-23)20(19(17)27-5)22(4)18(30-22)8-7-15(2)3/h7,16-20,24H,6,8-14H2,1-5H3/t16-,17+,18+,19+,20+,22-,23-/m0/s1. The molecule has 170 valence electrons. The Morgan fingerprint density at radius 3 is 2.67 bits per heavy atom. The van der Waals surface area contributed by atoms with Crippen molar-refractivity contribution in [3.8, 4) is 0 Å². The molecule has 0 unspecified atom stereocenters. The van der Waals surface area contributed by atoms with E-state index in [1.807, 2.05) is 4.90 Å². The molecule has 3 heterocycles. The number of carbonyl (C=O) groups excluding carboxylic acids is 1. The van der Waals surface area contributed by atoms with Crippen LogP contribution in [0.5, 0.6) is 0 Å². The average molecular weight is 423 g/mol. The molecule has 0 radical (unpaired) electrons. The Kier molecular flexibility index (Phi) is 6.19. The van der Waals surface area contributed by atoms with Gasteiger partial charge in [-0.25, -0.2) is 4.79 Å². The largest absolute Gasteiger partial charge is 0.443 e. The quantitative estimate of drug-likeness (QED) is 0.479. The van der Waals surface area contributed by atoms with E-state index in [2.05, 4.69) is 39.1 Å². The van der Waals surface area contributed by atoms with Crippen LogP contribution in [-0.4, -0.2) is 79.9 Å².